The summed E-state index contributed by atoms with van der Waals surface area (Å²) in [5.41, 5.74) is 7.31. The lowest BCUT2D eigenvalue weighted by molar-refractivity contribution is -0.130. The third-order valence-corrected chi connectivity index (χ3v) is 2.82. The van der Waals surface area contributed by atoms with E-state index in [9.17, 15) is 4.79 Å². The summed E-state index contributed by atoms with van der Waals surface area (Å²) in [4.78, 5) is 15.4. The van der Waals surface area contributed by atoms with E-state index in [1.165, 1.54) is 0 Å². The van der Waals surface area contributed by atoms with Crippen LogP contribution in [0.15, 0.2) is 23.2 Å². The van der Waals surface area contributed by atoms with Crippen LogP contribution in [0.4, 0.5) is 0 Å². The molecule has 2 rings (SSSR count). The van der Waals surface area contributed by atoms with E-state index in [2.05, 4.69) is 4.99 Å². The van der Waals surface area contributed by atoms with Gasteiger partial charge in [0, 0.05) is 5.56 Å². The van der Waals surface area contributed by atoms with E-state index in [1.807, 2.05) is 32.0 Å². The lowest BCUT2D eigenvalue weighted by atomic mass is 9.90. The molecule has 1 unspecified atom stereocenters. The van der Waals surface area contributed by atoms with E-state index in [-0.39, 0.29) is 11.9 Å². The first-order chi connectivity index (χ1) is 7.43. The largest absolute Gasteiger partial charge is 0.444 e. The van der Waals surface area contributed by atoms with Gasteiger partial charge in [-0.2, -0.15) is 4.99 Å². The second kappa shape index (κ2) is 3.33. The highest BCUT2D eigenvalue weighted by atomic mass is 16.5. The summed E-state index contributed by atoms with van der Waals surface area (Å²) in [5, 5.41) is 0. The number of ether oxygens (including phenoxy) is 1. The van der Waals surface area contributed by atoms with Crippen molar-refractivity contribution in [3.8, 4) is 0 Å². The van der Waals surface area contributed by atoms with Crippen LogP contribution in [0.1, 0.15) is 23.6 Å². The van der Waals surface area contributed by atoms with Gasteiger partial charge in [-0.3, -0.25) is 4.79 Å². The number of carbonyl (C=O) groups excluding carboxylic acids is 1. The molecule has 4 heteroatoms. The molecule has 1 aliphatic rings. The monoisotopic (exact) mass is 218 g/mol. The molecule has 2 N–H and O–H groups in total. The highest BCUT2D eigenvalue weighted by Gasteiger charge is 2.44. The lowest BCUT2D eigenvalue weighted by Crippen LogP contribution is -2.32. The zero-order valence-electron chi connectivity index (χ0n) is 9.57. The Morgan fingerprint density at radius 2 is 2.06 bits per heavy atom. The average Bonchev–Trinajstić information content (AvgIpc) is 2.40. The zero-order chi connectivity index (χ0) is 11.9. The van der Waals surface area contributed by atoms with E-state index in [4.69, 9.17) is 10.5 Å². The predicted molar refractivity (Wildman–Crippen MR) is 61.0 cm³/mol. The van der Waals surface area contributed by atoms with Crippen molar-refractivity contribution in [2.45, 2.75) is 26.4 Å². The molecule has 0 spiro atoms. The predicted octanol–water partition coefficient (Wildman–Crippen LogP) is 1.39. The molecule has 0 radical (unpaired) electrons. The number of nitrogens with two attached hydrogens (primary N) is 1. The SMILES string of the molecule is Cc1ccc(C2(C)OC(N)=NC2=O)c(C)c1. The highest BCUT2D eigenvalue weighted by molar-refractivity contribution is 6.01. The molecule has 0 fully saturated rings. The molecule has 1 heterocycles. The van der Waals surface area contributed by atoms with Crippen LogP contribution in [0.2, 0.25) is 0 Å². The first kappa shape index (κ1) is 10.7. The quantitative estimate of drug-likeness (QED) is 0.774. The Bertz CT molecular complexity index is 494. The minimum Gasteiger partial charge on any atom is -0.444 e. The summed E-state index contributed by atoms with van der Waals surface area (Å²) in [6.45, 7) is 5.64. The van der Waals surface area contributed by atoms with Crippen LogP contribution >= 0.6 is 0 Å². The van der Waals surface area contributed by atoms with Crippen molar-refractivity contribution in [3.05, 3.63) is 34.9 Å². The van der Waals surface area contributed by atoms with Crippen LogP contribution in [-0.4, -0.2) is 11.9 Å². The number of hydrogen-bond acceptors (Lipinski definition) is 3. The third kappa shape index (κ3) is 1.46. The van der Waals surface area contributed by atoms with E-state index in [1.54, 1.807) is 6.92 Å². The molecular weight excluding hydrogens is 204 g/mol. The van der Waals surface area contributed by atoms with E-state index < -0.39 is 5.60 Å². The summed E-state index contributed by atoms with van der Waals surface area (Å²) in [6, 6.07) is 5.77. The van der Waals surface area contributed by atoms with Crippen LogP contribution in [0.3, 0.4) is 0 Å². The van der Waals surface area contributed by atoms with Gasteiger partial charge >= 0.3 is 0 Å². The molecule has 1 atom stereocenters. The summed E-state index contributed by atoms with van der Waals surface area (Å²) in [5.74, 6) is -0.350. The molecule has 0 aromatic heterocycles. The lowest BCUT2D eigenvalue weighted by Gasteiger charge is -2.23. The van der Waals surface area contributed by atoms with Crippen LogP contribution in [0.5, 0.6) is 0 Å². The first-order valence-corrected chi connectivity index (χ1v) is 5.09. The zero-order valence-corrected chi connectivity index (χ0v) is 9.57. The minimum absolute atomic E-state index is 0.0625. The van der Waals surface area contributed by atoms with E-state index >= 15 is 0 Å². The number of carbonyl (C=O) groups is 1. The van der Waals surface area contributed by atoms with Crippen LogP contribution in [-0.2, 0) is 15.1 Å². The number of aliphatic imine (C=N–C) groups is 1. The van der Waals surface area contributed by atoms with Gasteiger partial charge in [0.2, 0.25) is 5.60 Å². The number of hydrogen-bond donors (Lipinski definition) is 1. The average molecular weight is 218 g/mol. The van der Waals surface area contributed by atoms with Crippen molar-refractivity contribution < 1.29 is 9.53 Å². The fourth-order valence-corrected chi connectivity index (χ4v) is 2.00. The number of aryl methyl sites for hydroxylation is 2. The number of amidine groups is 1. The van der Waals surface area contributed by atoms with E-state index in [0.717, 1.165) is 16.7 Å². The van der Waals surface area contributed by atoms with E-state index in [0.29, 0.717) is 0 Å². The van der Waals surface area contributed by atoms with Gasteiger partial charge in [0.15, 0.2) is 0 Å². The third-order valence-electron chi connectivity index (χ3n) is 2.82. The Kier molecular flexibility index (Phi) is 2.22. The fourth-order valence-electron chi connectivity index (χ4n) is 2.00. The van der Waals surface area contributed by atoms with Crippen molar-refractivity contribution >= 4 is 11.9 Å². The van der Waals surface area contributed by atoms with Crippen molar-refractivity contribution in [1.82, 2.24) is 0 Å². The molecule has 0 saturated heterocycles. The smallest absolute Gasteiger partial charge is 0.298 e. The van der Waals surface area contributed by atoms with Gasteiger partial charge in [0.05, 0.1) is 0 Å². The van der Waals surface area contributed by atoms with Crippen LogP contribution < -0.4 is 5.73 Å². The Morgan fingerprint density at radius 3 is 2.56 bits per heavy atom. The Labute approximate surface area is 94.1 Å². The molecule has 0 aliphatic carbocycles. The maximum Gasteiger partial charge on any atom is 0.298 e. The number of benzene rings is 1. The van der Waals surface area contributed by atoms with Crippen molar-refractivity contribution in [1.29, 1.82) is 0 Å². The summed E-state index contributed by atoms with van der Waals surface area (Å²) < 4.78 is 5.35. The molecule has 16 heavy (non-hydrogen) atoms. The summed E-state index contributed by atoms with van der Waals surface area (Å²) >= 11 is 0. The van der Waals surface area contributed by atoms with Gasteiger partial charge in [-0.05, 0) is 26.3 Å². The van der Waals surface area contributed by atoms with Gasteiger partial charge in [-0.1, -0.05) is 23.8 Å². The molecule has 0 saturated carbocycles. The maximum atomic E-state index is 11.8. The number of amides is 1. The molecule has 1 aliphatic heterocycles. The summed E-state index contributed by atoms with van der Waals surface area (Å²) in [7, 11) is 0. The van der Waals surface area contributed by atoms with Gasteiger partial charge in [-0.25, -0.2) is 0 Å². The second-order valence-electron chi connectivity index (χ2n) is 4.21. The Balaban J connectivity index is 2.49. The highest BCUT2D eigenvalue weighted by Crippen LogP contribution is 2.33. The normalized spacial score (nSPS) is 24.2. The van der Waals surface area contributed by atoms with Gasteiger partial charge < -0.3 is 10.5 Å². The molecule has 1 aromatic rings. The Hall–Kier alpha value is -1.84. The van der Waals surface area contributed by atoms with Gasteiger partial charge in [-0.15, -0.1) is 0 Å². The molecule has 1 aromatic carbocycles. The minimum atomic E-state index is -1.07. The summed E-state index contributed by atoms with van der Waals surface area (Å²) in [6.07, 6.45) is 0. The van der Waals surface area contributed by atoms with Crippen molar-refractivity contribution in [2.24, 2.45) is 10.7 Å². The van der Waals surface area contributed by atoms with Crippen molar-refractivity contribution in [3.63, 3.8) is 0 Å². The molecular formula is C12H14N2O2. The van der Waals surface area contributed by atoms with Crippen molar-refractivity contribution in [2.75, 3.05) is 0 Å². The van der Waals surface area contributed by atoms with Gasteiger partial charge in [0.1, 0.15) is 0 Å². The number of rotatable bonds is 1. The molecule has 0 bridgehead atoms. The standard InChI is InChI=1S/C12H14N2O2/c1-7-4-5-9(8(2)6-7)12(3)10(15)14-11(13)16-12/h4-6H,1-3H3,(H2,13,14,15). The second-order valence-corrected chi connectivity index (χ2v) is 4.21. The van der Waals surface area contributed by atoms with Crippen LogP contribution in [0, 0.1) is 13.8 Å². The first-order valence-electron chi connectivity index (χ1n) is 5.09. The molecule has 84 valence electrons. The fraction of sp³-hybridized carbons (Fsp3) is 0.333. The molecule has 1 amide bonds. The molecule has 4 nitrogen and oxygen atoms in total. The van der Waals surface area contributed by atoms with Gasteiger partial charge in [0.25, 0.3) is 11.9 Å². The maximum absolute atomic E-state index is 11.8. The Morgan fingerprint density at radius 1 is 1.38 bits per heavy atom. The van der Waals surface area contributed by atoms with Crippen LogP contribution in [0.25, 0.3) is 0 Å². The number of nitrogens with zero attached hydrogens (tertiary/aromatic N) is 1. The topological polar surface area (TPSA) is 64.7 Å².